The van der Waals surface area contributed by atoms with E-state index in [4.69, 9.17) is 0 Å². The number of carbonyl (C=O) groups excluding carboxylic acids is 2. The molecule has 1 aromatic rings. The van der Waals surface area contributed by atoms with Gasteiger partial charge in [-0.15, -0.1) is 11.3 Å². The predicted octanol–water partition coefficient (Wildman–Crippen LogP) is -0.107. The van der Waals surface area contributed by atoms with Crippen molar-refractivity contribution in [2.45, 2.75) is 32.7 Å². The third kappa shape index (κ3) is 4.28. The minimum atomic E-state index is -0.119. The van der Waals surface area contributed by atoms with E-state index in [2.05, 4.69) is 29.0 Å². The fourth-order valence-electron chi connectivity index (χ4n) is 2.67. The molecule has 0 saturated carbocycles. The molecule has 2 heterocycles. The molecule has 0 aromatic carbocycles. The summed E-state index contributed by atoms with van der Waals surface area (Å²) in [6.07, 6.45) is 1.94. The summed E-state index contributed by atoms with van der Waals surface area (Å²) in [7, 11) is 0. The van der Waals surface area contributed by atoms with Crippen LogP contribution in [0.3, 0.4) is 0 Å². The van der Waals surface area contributed by atoms with Crippen LogP contribution in [0.2, 0.25) is 0 Å². The van der Waals surface area contributed by atoms with Gasteiger partial charge in [0.05, 0.1) is 13.1 Å². The number of hydrogen-bond acceptors (Lipinski definition) is 3. The highest BCUT2D eigenvalue weighted by Crippen LogP contribution is 2.24. The minimum Gasteiger partial charge on any atom is -0.355 e. The van der Waals surface area contributed by atoms with Gasteiger partial charge in [0.25, 0.3) is 5.91 Å². The number of nitrogens with one attached hydrogen (secondary N) is 3. The summed E-state index contributed by atoms with van der Waals surface area (Å²) in [5.74, 6) is -0.172. The Morgan fingerprint density at radius 1 is 1.38 bits per heavy atom. The third-order valence-electron chi connectivity index (χ3n) is 3.94. The Kier molecular flexibility index (Phi) is 5.76. The minimum absolute atomic E-state index is 0.0535. The molecule has 3 N–H and O–H groups in total. The molecule has 0 saturated heterocycles. The summed E-state index contributed by atoms with van der Waals surface area (Å²) < 4.78 is 0. The molecule has 0 spiro atoms. The number of rotatable bonds is 6. The zero-order valence-electron chi connectivity index (χ0n) is 12.7. The molecular weight excluding hydrogens is 286 g/mol. The zero-order chi connectivity index (χ0) is 15.2. The molecule has 1 unspecified atom stereocenters. The molecular formula is C15H24N3O2S+. The summed E-state index contributed by atoms with van der Waals surface area (Å²) in [5, 5.41) is 7.59. The Morgan fingerprint density at radius 3 is 2.95 bits per heavy atom. The smallest absolute Gasteiger partial charge is 0.275 e. The molecule has 2 atom stereocenters. The lowest BCUT2D eigenvalue weighted by Gasteiger charge is -2.29. The van der Waals surface area contributed by atoms with Crippen LogP contribution >= 0.6 is 11.3 Å². The first-order valence-corrected chi connectivity index (χ1v) is 8.44. The van der Waals surface area contributed by atoms with Crippen LogP contribution in [0.15, 0.2) is 11.4 Å². The van der Waals surface area contributed by atoms with Crippen LogP contribution in [0.4, 0.5) is 0 Å². The lowest BCUT2D eigenvalue weighted by molar-refractivity contribution is -0.924. The van der Waals surface area contributed by atoms with E-state index in [9.17, 15) is 9.59 Å². The van der Waals surface area contributed by atoms with Gasteiger partial charge in [0.2, 0.25) is 5.91 Å². The van der Waals surface area contributed by atoms with Gasteiger partial charge in [-0.2, -0.15) is 0 Å². The highest BCUT2D eigenvalue weighted by atomic mass is 32.1. The van der Waals surface area contributed by atoms with Gasteiger partial charge in [-0.05, 0) is 24.8 Å². The molecule has 2 rings (SSSR count). The van der Waals surface area contributed by atoms with E-state index in [-0.39, 0.29) is 18.4 Å². The summed E-state index contributed by atoms with van der Waals surface area (Å²) in [5.41, 5.74) is 1.37. The lowest BCUT2D eigenvalue weighted by atomic mass is 10.0. The van der Waals surface area contributed by atoms with Crippen LogP contribution in [0.5, 0.6) is 0 Å². The number of fused-ring (bicyclic) bond motifs is 1. The standard InChI is InChI=1S/C15H23N3O2S/c1-3-6-16-14(19)9-17-15(20)10-18-7-4-13-12(11(18)2)5-8-21-13/h5,8,11H,3-4,6-7,9-10H2,1-2H3,(H,16,19)(H,17,20)/p+1/t11-/m1/s1. The number of amides is 2. The normalized spacial score (nSPS) is 20.7. The molecule has 116 valence electrons. The Bertz CT molecular complexity index is 501. The Balaban J connectivity index is 1.77. The number of quaternary nitrogens is 1. The van der Waals surface area contributed by atoms with Crippen molar-refractivity contribution in [3.63, 3.8) is 0 Å². The van der Waals surface area contributed by atoms with E-state index in [1.54, 1.807) is 11.3 Å². The topological polar surface area (TPSA) is 62.6 Å². The van der Waals surface area contributed by atoms with Crippen molar-refractivity contribution in [3.05, 3.63) is 21.9 Å². The Morgan fingerprint density at radius 2 is 2.19 bits per heavy atom. The highest BCUT2D eigenvalue weighted by Gasteiger charge is 2.29. The molecule has 6 heteroatoms. The van der Waals surface area contributed by atoms with Gasteiger partial charge in [0.1, 0.15) is 6.04 Å². The number of hydrogen-bond donors (Lipinski definition) is 3. The second-order valence-electron chi connectivity index (χ2n) is 5.48. The molecule has 0 bridgehead atoms. The monoisotopic (exact) mass is 310 g/mol. The van der Waals surface area contributed by atoms with Crippen LogP contribution in [0.25, 0.3) is 0 Å². The Hall–Kier alpha value is -1.40. The molecule has 1 aliphatic heterocycles. The first-order chi connectivity index (χ1) is 10.1. The van der Waals surface area contributed by atoms with Gasteiger partial charge in [-0.3, -0.25) is 9.59 Å². The number of thiophene rings is 1. The van der Waals surface area contributed by atoms with E-state index in [1.807, 2.05) is 6.92 Å². The quantitative estimate of drug-likeness (QED) is 0.687. The van der Waals surface area contributed by atoms with Gasteiger partial charge < -0.3 is 15.5 Å². The maximum atomic E-state index is 12.0. The SMILES string of the molecule is CCCNC(=O)CNC(=O)C[NH+]1CCc2sccc2[C@H]1C. The second kappa shape index (κ2) is 7.56. The van der Waals surface area contributed by atoms with Crippen molar-refractivity contribution in [2.75, 3.05) is 26.2 Å². The summed E-state index contributed by atoms with van der Waals surface area (Å²) in [6.45, 7) is 6.30. The van der Waals surface area contributed by atoms with Gasteiger partial charge in [0, 0.05) is 23.4 Å². The maximum Gasteiger partial charge on any atom is 0.275 e. The van der Waals surface area contributed by atoms with E-state index in [0.717, 1.165) is 19.4 Å². The van der Waals surface area contributed by atoms with Crippen LogP contribution in [0.1, 0.15) is 36.8 Å². The van der Waals surface area contributed by atoms with Gasteiger partial charge in [0.15, 0.2) is 6.54 Å². The van der Waals surface area contributed by atoms with Crippen LogP contribution in [-0.4, -0.2) is 38.0 Å². The van der Waals surface area contributed by atoms with E-state index in [0.29, 0.717) is 19.1 Å². The second-order valence-corrected chi connectivity index (χ2v) is 6.48. The van der Waals surface area contributed by atoms with Crippen LogP contribution in [0, 0.1) is 0 Å². The Labute approximate surface area is 129 Å². The van der Waals surface area contributed by atoms with Gasteiger partial charge >= 0.3 is 0 Å². The molecule has 0 radical (unpaired) electrons. The fraction of sp³-hybridized carbons (Fsp3) is 0.600. The molecule has 2 amide bonds. The van der Waals surface area contributed by atoms with Crippen molar-refractivity contribution < 1.29 is 14.5 Å². The number of carbonyl (C=O) groups is 2. The van der Waals surface area contributed by atoms with Crippen molar-refractivity contribution in [2.24, 2.45) is 0 Å². The first-order valence-electron chi connectivity index (χ1n) is 7.56. The predicted molar refractivity (Wildman–Crippen MR) is 83.4 cm³/mol. The van der Waals surface area contributed by atoms with Crippen LogP contribution < -0.4 is 15.5 Å². The molecule has 1 aromatic heterocycles. The van der Waals surface area contributed by atoms with Crippen LogP contribution in [-0.2, 0) is 16.0 Å². The van der Waals surface area contributed by atoms with Crippen molar-refractivity contribution in [1.82, 2.24) is 10.6 Å². The molecule has 0 fully saturated rings. The lowest BCUT2D eigenvalue weighted by Crippen LogP contribution is -3.14. The highest BCUT2D eigenvalue weighted by molar-refractivity contribution is 7.10. The first kappa shape index (κ1) is 16.0. The zero-order valence-corrected chi connectivity index (χ0v) is 13.5. The van der Waals surface area contributed by atoms with Crippen molar-refractivity contribution in [3.8, 4) is 0 Å². The fourth-order valence-corrected chi connectivity index (χ4v) is 3.65. The van der Waals surface area contributed by atoms with Crippen molar-refractivity contribution in [1.29, 1.82) is 0 Å². The summed E-state index contributed by atoms with van der Waals surface area (Å²) in [6, 6.07) is 2.51. The molecule has 0 aliphatic carbocycles. The van der Waals surface area contributed by atoms with E-state index >= 15 is 0 Å². The summed E-state index contributed by atoms with van der Waals surface area (Å²) >= 11 is 1.80. The van der Waals surface area contributed by atoms with Crippen molar-refractivity contribution >= 4 is 23.2 Å². The molecule has 5 nitrogen and oxygen atoms in total. The molecule has 21 heavy (non-hydrogen) atoms. The van der Waals surface area contributed by atoms with Gasteiger partial charge in [-0.1, -0.05) is 6.92 Å². The van der Waals surface area contributed by atoms with E-state index in [1.165, 1.54) is 15.3 Å². The summed E-state index contributed by atoms with van der Waals surface area (Å²) in [4.78, 5) is 26.2. The van der Waals surface area contributed by atoms with Gasteiger partial charge in [-0.25, -0.2) is 0 Å². The average molecular weight is 310 g/mol. The average Bonchev–Trinajstić information content (AvgIpc) is 2.95. The van der Waals surface area contributed by atoms with E-state index < -0.39 is 0 Å². The molecule has 1 aliphatic rings. The third-order valence-corrected chi connectivity index (χ3v) is 4.93. The maximum absolute atomic E-state index is 12.0. The largest absolute Gasteiger partial charge is 0.355 e.